The first-order valence-electron chi connectivity index (χ1n) is 10.3. The second-order valence-electron chi connectivity index (χ2n) is 7.46. The van der Waals surface area contributed by atoms with Crippen molar-refractivity contribution in [1.82, 2.24) is 0 Å². The van der Waals surface area contributed by atoms with Gasteiger partial charge in [-0.3, -0.25) is 14.4 Å². The number of amides is 3. The summed E-state index contributed by atoms with van der Waals surface area (Å²) >= 11 is 0. The number of hydrogen-bond donors (Lipinski definition) is 2. The zero-order valence-electron chi connectivity index (χ0n) is 17.6. The van der Waals surface area contributed by atoms with E-state index in [1.54, 1.807) is 72.7 Å². The van der Waals surface area contributed by atoms with E-state index in [-0.39, 0.29) is 30.7 Å². The molecule has 1 fully saturated rings. The van der Waals surface area contributed by atoms with Gasteiger partial charge in [-0.2, -0.15) is 0 Å². The highest BCUT2D eigenvalue weighted by Crippen LogP contribution is 2.28. The standard InChI is InChI=1S/C25H23N3O4/c1-32-20-13-11-19(12-14-20)28-16-17(15-23(28)29)24(30)27-22-10-6-5-9-21(22)25(31)26-18-7-3-2-4-8-18/h2-14,17H,15-16H2,1H3,(H,26,31)(H,27,30)/t17-/m1/s1. The lowest BCUT2D eigenvalue weighted by atomic mass is 10.1. The Labute approximate surface area is 186 Å². The molecular formula is C25H23N3O4. The summed E-state index contributed by atoms with van der Waals surface area (Å²) in [5, 5.41) is 5.65. The first kappa shape index (κ1) is 21.1. The highest BCUT2D eigenvalue weighted by atomic mass is 16.5. The number of carbonyl (C=O) groups excluding carboxylic acids is 3. The molecule has 1 aliphatic heterocycles. The molecule has 0 unspecified atom stereocenters. The average Bonchev–Trinajstić information content (AvgIpc) is 3.22. The molecule has 3 aromatic rings. The van der Waals surface area contributed by atoms with Crippen molar-refractivity contribution in [3.8, 4) is 5.75 Å². The summed E-state index contributed by atoms with van der Waals surface area (Å²) in [5.74, 6) is -0.566. The number of nitrogens with zero attached hydrogens (tertiary/aromatic N) is 1. The number of para-hydroxylation sites is 2. The van der Waals surface area contributed by atoms with Crippen molar-refractivity contribution in [1.29, 1.82) is 0 Å². The lowest BCUT2D eigenvalue weighted by molar-refractivity contribution is -0.122. The van der Waals surface area contributed by atoms with Crippen LogP contribution in [-0.4, -0.2) is 31.4 Å². The SMILES string of the molecule is COc1ccc(N2C[C@H](C(=O)Nc3ccccc3C(=O)Nc3ccccc3)CC2=O)cc1. The Morgan fingerprint density at radius 2 is 1.59 bits per heavy atom. The third-order valence-electron chi connectivity index (χ3n) is 5.34. The Morgan fingerprint density at radius 3 is 2.31 bits per heavy atom. The number of rotatable bonds is 6. The predicted molar refractivity (Wildman–Crippen MR) is 123 cm³/mol. The van der Waals surface area contributed by atoms with Crippen molar-refractivity contribution in [2.45, 2.75) is 6.42 Å². The molecule has 0 saturated carbocycles. The first-order chi connectivity index (χ1) is 15.5. The van der Waals surface area contributed by atoms with Gasteiger partial charge in [-0.15, -0.1) is 0 Å². The maximum absolute atomic E-state index is 12.9. The van der Waals surface area contributed by atoms with Gasteiger partial charge in [0.05, 0.1) is 24.3 Å². The Kier molecular flexibility index (Phi) is 6.17. The second kappa shape index (κ2) is 9.34. The molecule has 2 N–H and O–H groups in total. The van der Waals surface area contributed by atoms with Crippen molar-refractivity contribution < 1.29 is 19.1 Å². The molecule has 0 aliphatic carbocycles. The molecule has 1 atom stereocenters. The van der Waals surface area contributed by atoms with Gasteiger partial charge >= 0.3 is 0 Å². The smallest absolute Gasteiger partial charge is 0.257 e. The van der Waals surface area contributed by atoms with Crippen LogP contribution in [0.15, 0.2) is 78.9 Å². The second-order valence-corrected chi connectivity index (χ2v) is 7.46. The Hall–Kier alpha value is -4.13. The fourth-order valence-electron chi connectivity index (χ4n) is 3.64. The van der Waals surface area contributed by atoms with Crippen LogP contribution >= 0.6 is 0 Å². The number of ether oxygens (including phenoxy) is 1. The van der Waals surface area contributed by atoms with Crippen molar-refractivity contribution in [3.63, 3.8) is 0 Å². The molecule has 1 saturated heterocycles. The van der Waals surface area contributed by atoms with Gasteiger partial charge in [0.1, 0.15) is 5.75 Å². The van der Waals surface area contributed by atoms with Crippen LogP contribution in [0.1, 0.15) is 16.8 Å². The van der Waals surface area contributed by atoms with Crippen molar-refractivity contribution in [2.75, 3.05) is 29.2 Å². The van der Waals surface area contributed by atoms with Gasteiger partial charge in [0.2, 0.25) is 11.8 Å². The van der Waals surface area contributed by atoms with Crippen LogP contribution in [0.2, 0.25) is 0 Å². The molecule has 3 amide bonds. The predicted octanol–water partition coefficient (Wildman–Crippen LogP) is 3.94. The van der Waals surface area contributed by atoms with Crippen LogP contribution in [0.5, 0.6) is 5.75 Å². The number of anilines is 3. The minimum absolute atomic E-state index is 0.107. The molecule has 0 spiro atoms. The highest BCUT2D eigenvalue weighted by Gasteiger charge is 2.35. The number of nitrogens with one attached hydrogen (secondary N) is 2. The number of carbonyl (C=O) groups is 3. The Bertz CT molecular complexity index is 1130. The minimum atomic E-state index is -0.519. The van der Waals surface area contributed by atoms with E-state index in [0.717, 1.165) is 0 Å². The van der Waals surface area contributed by atoms with Gasteiger partial charge < -0.3 is 20.3 Å². The molecular weight excluding hydrogens is 406 g/mol. The van der Waals surface area contributed by atoms with Gasteiger partial charge in [0, 0.05) is 24.3 Å². The van der Waals surface area contributed by atoms with Gasteiger partial charge in [-0.25, -0.2) is 0 Å². The zero-order valence-corrected chi connectivity index (χ0v) is 17.6. The molecule has 162 valence electrons. The van der Waals surface area contributed by atoms with E-state index in [2.05, 4.69) is 10.6 Å². The van der Waals surface area contributed by atoms with Crippen molar-refractivity contribution in [2.24, 2.45) is 5.92 Å². The molecule has 3 aromatic carbocycles. The van der Waals surface area contributed by atoms with E-state index in [9.17, 15) is 14.4 Å². The first-order valence-corrected chi connectivity index (χ1v) is 10.3. The molecule has 0 radical (unpaired) electrons. The summed E-state index contributed by atoms with van der Waals surface area (Å²) in [4.78, 5) is 39.8. The van der Waals surface area contributed by atoms with Crippen LogP contribution < -0.4 is 20.3 Å². The van der Waals surface area contributed by atoms with Gasteiger partial charge in [0.15, 0.2) is 0 Å². The van der Waals surface area contributed by atoms with Gasteiger partial charge in [-0.1, -0.05) is 30.3 Å². The quantitative estimate of drug-likeness (QED) is 0.621. The number of methoxy groups -OCH3 is 1. The van der Waals surface area contributed by atoms with E-state index in [0.29, 0.717) is 28.4 Å². The Morgan fingerprint density at radius 1 is 0.906 bits per heavy atom. The maximum Gasteiger partial charge on any atom is 0.257 e. The van der Waals surface area contributed by atoms with Crippen LogP contribution in [0.25, 0.3) is 0 Å². The fourth-order valence-corrected chi connectivity index (χ4v) is 3.64. The highest BCUT2D eigenvalue weighted by molar-refractivity contribution is 6.11. The van der Waals surface area contributed by atoms with Crippen LogP contribution in [0, 0.1) is 5.92 Å². The molecule has 7 heteroatoms. The van der Waals surface area contributed by atoms with Crippen molar-refractivity contribution >= 4 is 34.8 Å². The van der Waals surface area contributed by atoms with E-state index in [4.69, 9.17) is 4.74 Å². The largest absolute Gasteiger partial charge is 0.497 e. The molecule has 0 aromatic heterocycles. The van der Waals surface area contributed by atoms with E-state index in [1.807, 2.05) is 18.2 Å². The topological polar surface area (TPSA) is 87.7 Å². The van der Waals surface area contributed by atoms with Crippen LogP contribution in [0.3, 0.4) is 0 Å². The molecule has 32 heavy (non-hydrogen) atoms. The summed E-state index contributed by atoms with van der Waals surface area (Å²) in [7, 11) is 1.58. The van der Waals surface area contributed by atoms with Crippen LogP contribution in [-0.2, 0) is 9.59 Å². The maximum atomic E-state index is 12.9. The van der Waals surface area contributed by atoms with E-state index < -0.39 is 5.92 Å². The minimum Gasteiger partial charge on any atom is -0.497 e. The van der Waals surface area contributed by atoms with Gasteiger partial charge in [-0.05, 0) is 48.5 Å². The monoisotopic (exact) mass is 429 g/mol. The summed E-state index contributed by atoms with van der Waals surface area (Å²) in [6.45, 7) is 0.273. The lowest BCUT2D eigenvalue weighted by Crippen LogP contribution is -2.28. The molecule has 7 nitrogen and oxygen atoms in total. The zero-order chi connectivity index (χ0) is 22.5. The van der Waals surface area contributed by atoms with Gasteiger partial charge in [0.25, 0.3) is 5.91 Å². The normalized spacial score (nSPS) is 15.3. The molecule has 4 rings (SSSR count). The van der Waals surface area contributed by atoms with Crippen molar-refractivity contribution in [3.05, 3.63) is 84.4 Å². The third-order valence-corrected chi connectivity index (χ3v) is 5.34. The van der Waals surface area contributed by atoms with Crippen LogP contribution in [0.4, 0.5) is 17.1 Å². The number of benzene rings is 3. The third kappa shape index (κ3) is 4.62. The fraction of sp³-hybridized carbons (Fsp3) is 0.160. The summed E-state index contributed by atoms with van der Waals surface area (Å²) in [6.07, 6.45) is 0.107. The molecule has 1 aliphatic rings. The summed E-state index contributed by atoms with van der Waals surface area (Å²) in [5.41, 5.74) is 2.13. The molecule has 0 bridgehead atoms. The Balaban J connectivity index is 1.45. The summed E-state index contributed by atoms with van der Waals surface area (Å²) in [6, 6.07) is 23.0. The van der Waals surface area contributed by atoms with E-state index >= 15 is 0 Å². The van der Waals surface area contributed by atoms with E-state index in [1.165, 1.54) is 0 Å². The number of hydrogen-bond acceptors (Lipinski definition) is 4. The lowest BCUT2D eigenvalue weighted by Gasteiger charge is -2.17. The summed E-state index contributed by atoms with van der Waals surface area (Å²) < 4.78 is 5.15. The average molecular weight is 429 g/mol. The molecule has 1 heterocycles.